The first-order valence-corrected chi connectivity index (χ1v) is 8.56. The van der Waals surface area contributed by atoms with Gasteiger partial charge in [-0.3, -0.25) is 0 Å². The SMILES string of the molecule is CCCCC(C)C(CC(C)C)C(CC)CCCC. The molecule has 110 valence electrons. The summed E-state index contributed by atoms with van der Waals surface area (Å²) in [7, 11) is 0. The van der Waals surface area contributed by atoms with Crippen LogP contribution in [-0.2, 0) is 0 Å². The summed E-state index contributed by atoms with van der Waals surface area (Å²) in [6.07, 6.45) is 11.3. The lowest BCUT2D eigenvalue weighted by molar-refractivity contribution is 0.174. The maximum atomic E-state index is 2.51. The van der Waals surface area contributed by atoms with Gasteiger partial charge in [-0.2, -0.15) is 0 Å². The van der Waals surface area contributed by atoms with Crippen LogP contribution in [0.15, 0.2) is 0 Å². The van der Waals surface area contributed by atoms with Gasteiger partial charge < -0.3 is 0 Å². The maximum absolute atomic E-state index is 2.51. The van der Waals surface area contributed by atoms with Gasteiger partial charge in [-0.15, -0.1) is 0 Å². The van der Waals surface area contributed by atoms with Gasteiger partial charge in [0, 0.05) is 0 Å². The molecule has 0 aliphatic carbocycles. The van der Waals surface area contributed by atoms with Crippen molar-refractivity contribution in [3.05, 3.63) is 0 Å². The van der Waals surface area contributed by atoms with Gasteiger partial charge in [-0.1, -0.05) is 86.5 Å². The van der Waals surface area contributed by atoms with E-state index in [1.54, 1.807) is 0 Å². The Labute approximate surface area is 117 Å². The number of hydrogen-bond donors (Lipinski definition) is 0. The van der Waals surface area contributed by atoms with E-state index < -0.39 is 0 Å². The van der Waals surface area contributed by atoms with Crippen molar-refractivity contribution < 1.29 is 0 Å². The molecule has 3 unspecified atom stereocenters. The molecule has 0 fully saturated rings. The fourth-order valence-electron chi connectivity index (χ4n) is 3.36. The minimum atomic E-state index is 0.856. The molecular formula is C18H38. The lowest BCUT2D eigenvalue weighted by Gasteiger charge is -2.33. The molecule has 0 saturated carbocycles. The summed E-state index contributed by atoms with van der Waals surface area (Å²) in [5.41, 5.74) is 0. The zero-order valence-corrected chi connectivity index (χ0v) is 14.0. The van der Waals surface area contributed by atoms with Crippen LogP contribution in [-0.4, -0.2) is 0 Å². The Balaban J connectivity index is 4.49. The summed E-state index contributed by atoms with van der Waals surface area (Å²) in [5.74, 6) is 3.72. The van der Waals surface area contributed by atoms with Crippen LogP contribution in [0.1, 0.15) is 92.9 Å². The van der Waals surface area contributed by atoms with Crippen LogP contribution in [0.5, 0.6) is 0 Å². The molecule has 0 heterocycles. The minimum absolute atomic E-state index is 0.856. The average molecular weight is 255 g/mol. The van der Waals surface area contributed by atoms with Crippen molar-refractivity contribution in [3.8, 4) is 0 Å². The number of hydrogen-bond acceptors (Lipinski definition) is 0. The Hall–Kier alpha value is 0. The molecule has 0 rings (SSSR count). The van der Waals surface area contributed by atoms with E-state index in [2.05, 4.69) is 41.5 Å². The van der Waals surface area contributed by atoms with Crippen LogP contribution in [0.4, 0.5) is 0 Å². The van der Waals surface area contributed by atoms with E-state index in [0.29, 0.717) is 0 Å². The quantitative estimate of drug-likeness (QED) is 0.385. The molecule has 0 N–H and O–H groups in total. The molecule has 0 saturated heterocycles. The summed E-state index contributed by atoms with van der Waals surface area (Å²) in [5, 5.41) is 0. The molecule has 0 radical (unpaired) electrons. The van der Waals surface area contributed by atoms with Crippen molar-refractivity contribution in [2.45, 2.75) is 92.9 Å². The molecule has 0 bridgehead atoms. The largest absolute Gasteiger partial charge is 0.0654 e. The molecule has 0 aromatic carbocycles. The zero-order chi connectivity index (χ0) is 14.0. The molecule has 0 aromatic rings. The van der Waals surface area contributed by atoms with E-state index >= 15 is 0 Å². The smallest absolute Gasteiger partial charge is 0.0358 e. The highest BCUT2D eigenvalue weighted by Crippen LogP contribution is 2.35. The minimum Gasteiger partial charge on any atom is -0.0654 e. The highest BCUT2D eigenvalue weighted by atomic mass is 14.3. The van der Waals surface area contributed by atoms with Crippen LogP contribution < -0.4 is 0 Å². The lowest BCUT2D eigenvalue weighted by atomic mass is 9.73. The third kappa shape index (κ3) is 7.44. The Morgan fingerprint density at radius 2 is 1.33 bits per heavy atom. The predicted octanol–water partition coefficient (Wildman–Crippen LogP) is 6.69. The summed E-state index contributed by atoms with van der Waals surface area (Å²) >= 11 is 0. The Morgan fingerprint density at radius 3 is 1.78 bits per heavy atom. The second kappa shape index (κ2) is 10.9. The summed E-state index contributed by atoms with van der Waals surface area (Å²) < 4.78 is 0. The second-order valence-electron chi connectivity index (χ2n) is 6.72. The van der Waals surface area contributed by atoms with E-state index in [-0.39, 0.29) is 0 Å². The molecule has 0 nitrogen and oxygen atoms in total. The molecule has 0 spiro atoms. The Bertz CT molecular complexity index is 171. The van der Waals surface area contributed by atoms with Crippen molar-refractivity contribution in [3.63, 3.8) is 0 Å². The summed E-state index contributed by atoms with van der Waals surface area (Å²) in [6.45, 7) is 14.3. The van der Waals surface area contributed by atoms with Crippen LogP contribution >= 0.6 is 0 Å². The van der Waals surface area contributed by atoms with Crippen LogP contribution in [0, 0.1) is 23.7 Å². The molecule has 0 heteroatoms. The van der Waals surface area contributed by atoms with Crippen LogP contribution in [0.2, 0.25) is 0 Å². The zero-order valence-electron chi connectivity index (χ0n) is 14.0. The standard InChI is InChI=1S/C18H38/c1-7-10-12-16(6)18(14-15(4)5)17(9-3)13-11-8-2/h15-18H,7-14H2,1-6H3. The van der Waals surface area contributed by atoms with Crippen LogP contribution in [0.25, 0.3) is 0 Å². The number of unbranched alkanes of at least 4 members (excludes halogenated alkanes) is 2. The second-order valence-corrected chi connectivity index (χ2v) is 6.72. The lowest BCUT2D eigenvalue weighted by Crippen LogP contribution is -2.23. The van der Waals surface area contributed by atoms with Crippen molar-refractivity contribution >= 4 is 0 Å². The Kier molecular flexibility index (Phi) is 10.9. The van der Waals surface area contributed by atoms with E-state index in [9.17, 15) is 0 Å². The van der Waals surface area contributed by atoms with E-state index in [0.717, 1.165) is 23.7 Å². The first kappa shape index (κ1) is 18.0. The summed E-state index contributed by atoms with van der Waals surface area (Å²) in [6, 6.07) is 0. The molecular weight excluding hydrogens is 216 g/mol. The number of rotatable bonds is 11. The molecule has 0 amide bonds. The van der Waals surface area contributed by atoms with Crippen molar-refractivity contribution in [1.82, 2.24) is 0 Å². The maximum Gasteiger partial charge on any atom is -0.0358 e. The average Bonchev–Trinajstić information content (AvgIpc) is 2.34. The normalized spacial score (nSPS) is 16.8. The fourth-order valence-corrected chi connectivity index (χ4v) is 3.36. The van der Waals surface area contributed by atoms with E-state index in [1.807, 2.05) is 0 Å². The monoisotopic (exact) mass is 254 g/mol. The van der Waals surface area contributed by atoms with Crippen molar-refractivity contribution in [1.29, 1.82) is 0 Å². The van der Waals surface area contributed by atoms with Gasteiger partial charge in [0.05, 0.1) is 0 Å². The van der Waals surface area contributed by atoms with Gasteiger partial charge in [0.1, 0.15) is 0 Å². The van der Waals surface area contributed by atoms with Gasteiger partial charge >= 0.3 is 0 Å². The first-order chi connectivity index (χ1) is 8.56. The van der Waals surface area contributed by atoms with E-state index in [4.69, 9.17) is 0 Å². The van der Waals surface area contributed by atoms with Crippen molar-refractivity contribution in [2.75, 3.05) is 0 Å². The highest BCUT2D eigenvalue weighted by Gasteiger charge is 2.25. The van der Waals surface area contributed by atoms with Gasteiger partial charge in [0.15, 0.2) is 0 Å². The predicted molar refractivity (Wildman–Crippen MR) is 84.9 cm³/mol. The van der Waals surface area contributed by atoms with Gasteiger partial charge in [-0.05, 0) is 30.1 Å². The fraction of sp³-hybridized carbons (Fsp3) is 1.00. The molecule has 0 aliphatic heterocycles. The van der Waals surface area contributed by atoms with Gasteiger partial charge in [0.2, 0.25) is 0 Å². The molecule has 18 heavy (non-hydrogen) atoms. The van der Waals surface area contributed by atoms with Crippen LogP contribution in [0.3, 0.4) is 0 Å². The van der Waals surface area contributed by atoms with E-state index in [1.165, 1.54) is 51.4 Å². The van der Waals surface area contributed by atoms with Crippen molar-refractivity contribution in [2.24, 2.45) is 23.7 Å². The molecule has 0 aliphatic rings. The third-order valence-corrected chi connectivity index (χ3v) is 4.55. The summed E-state index contributed by atoms with van der Waals surface area (Å²) in [4.78, 5) is 0. The first-order valence-electron chi connectivity index (χ1n) is 8.56. The van der Waals surface area contributed by atoms with Gasteiger partial charge in [0.25, 0.3) is 0 Å². The molecule has 3 atom stereocenters. The van der Waals surface area contributed by atoms with Gasteiger partial charge in [-0.25, -0.2) is 0 Å². The third-order valence-electron chi connectivity index (χ3n) is 4.55. The highest BCUT2D eigenvalue weighted by molar-refractivity contribution is 4.76. The topological polar surface area (TPSA) is 0 Å². The Morgan fingerprint density at radius 1 is 0.778 bits per heavy atom. The molecule has 0 aromatic heterocycles.